The molecule has 4 amide bonds. The summed E-state index contributed by atoms with van der Waals surface area (Å²) >= 11 is 3.41. The van der Waals surface area contributed by atoms with Crippen LogP contribution in [-0.4, -0.2) is 17.8 Å². The second-order valence-electron chi connectivity index (χ2n) is 8.25. The highest BCUT2D eigenvalue weighted by Crippen LogP contribution is 2.27. The summed E-state index contributed by atoms with van der Waals surface area (Å²) in [5.41, 5.74) is 5.21. The standard InChI is InChI=1S/C27H23BrN2O4/c1-16-10-17(2)12-20(11-16)15-34-22-7-4-19(5-8-22)14-23-25(31)29-27(33)30(26(23)32)21-6-9-24(28)18(3)13-21/h4-14H,15H2,1-3H3,(H,29,31,33)/b23-14-. The zero-order chi connectivity index (χ0) is 24.4. The maximum absolute atomic E-state index is 13.1. The number of urea groups is 1. The van der Waals surface area contributed by atoms with Crippen molar-refractivity contribution in [3.63, 3.8) is 0 Å². The first-order valence-electron chi connectivity index (χ1n) is 10.7. The van der Waals surface area contributed by atoms with Gasteiger partial charge in [0.2, 0.25) is 0 Å². The third kappa shape index (κ3) is 5.10. The Morgan fingerprint density at radius 1 is 0.912 bits per heavy atom. The Balaban J connectivity index is 1.52. The number of ether oxygens (including phenoxy) is 1. The van der Waals surface area contributed by atoms with Crippen LogP contribution in [0.4, 0.5) is 10.5 Å². The Morgan fingerprint density at radius 2 is 1.59 bits per heavy atom. The van der Waals surface area contributed by atoms with Crippen molar-refractivity contribution in [1.82, 2.24) is 5.32 Å². The van der Waals surface area contributed by atoms with Gasteiger partial charge in [0.05, 0.1) is 5.69 Å². The van der Waals surface area contributed by atoms with E-state index >= 15 is 0 Å². The molecule has 0 saturated carbocycles. The molecule has 3 aromatic rings. The maximum Gasteiger partial charge on any atom is 0.335 e. The van der Waals surface area contributed by atoms with E-state index in [0.29, 0.717) is 23.6 Å². The molecule has 7 heteroatoms. The van der Waals surface area contributed by atoms with E-state index in [1.54, 1.807) is 42.5 Å². The van der Waals surface area contributed by atoms with Crippen LogP contribution in [0, 0.1) is 20.8 Å². The molecule has 0 aliphatic carbocycles. The lowest BCUT2D eigenvalue weighted by Crippen LogP contribution is -2.54. The number of nitrogens with one attached hydrogen (secondary N) is 1. The number of nitrogens with zero attached hydrogens (tertiary/aromatic N) is 1. The van der Waals surface area contributed by atoms with Crippen LogP contribution in [0.3, 0.4) is 0 Å². The van der Waals surface area contributed by atoms with Crippen molar-refractivity contribution < 1.29 is 19.1 Å². The topological polar surface area (TPSA) is 75.7 Å². The molecule has 1 aliphatic heterocycles. The van der Waals surface area contributed by atoms with Crippen LogP contribution >= 0.6 is 15.9 Å². The van der Waals surface area contributed by atoms with Crippen LogP contribution in [0.2, 0.25) is 0 Å². The Kier molecular flexibility index (Phi) is 6.65. The molecule has 0 aromatic heterocycles. The summed E-state index contributed by atoms with van der Waals surface area (Å²) in [4.78, 5) is 38.9. The molecule has 3 aromatic carbocycles. The fourth-order valence-electron chi connectivity index (χ4n) is 3.81. The fraction of sp³-hybridized carbons (Fsp3) is 0.148. The van der Waals surface area contributed by atoms with Gasteiger partial charge in [-0.3, -0.25) is 14.9 Å². The predicted octanol–water partition coefficient (Wildman–Crippen LogP) is 5.62. The van der Waals surface area contributed by atoms with E-state index in [1.807, 2.05) is 20.8 Å². The molecule has 1 fully saturated rings. The molecule has 0 spiro atoms. The minimum atomic E-state index is -0.774. The number of barbiturate groups is 1. The molecule has 172 valence electrons. The third-order valence-corrected chi connectivity index (χ3v) is 6.27. The lowest BCUT2D eigenvalue weighted by Gasteiger charge is -2.26. The van der Waals surface area contributed by atoms with Gasteiger partial charge in [-0.05, 0) is 73.9 Å². The van der Waals surface area contributed by atoms with Crippen molar-refractivity contribution in [3.8, 4) is 5.75 Å². The van der Waals surface area contributed by atoms with Crippen molar-refractivity contribution >= 4 is 45.5 Å². The quantitative estimate of drug-likeness (QED) is 0.351. The number of benzene rings is 3. The molecular formula is C27H23BrN2O4. The Labute approximate surface area is 206 Å². The molecule has 0 radical (unpaired) electrons. The molecule has 0 bridgehead atoms. The maximum atomic E-state index is 13.1. The van der Waals surface area contributed by atoms with Gasteiger partial charge in [0.1, 0.15) is 17.9 Å². The molecule has 1 aliphatic rings. The van der Waals surface area contributed by atoms with E-state index in [4.69, 9.17) is 4.74 Å². The van der Waals surface area contributed by atoms with E-state index < -0.39 is 17.8 Å². The summed E-state index contributed by atoms with van der Waals surface area (Å²) in [6.45, 7) is 6.39. The van der Waals surface area contributed by atoms with Gasteiger partial charge in [-0.1, -0.05) is 57.4 Å². The van der Waals surface area contributed by atoms with Gasteiger partial charge < -0.3 is 4.74 Å². The number of imide groups is 2. The number of carbonyl (C=O) groups excluding carboxylic acids is 3. The summed E-state index contributed by atoms with van der Waals surface area (Å²) in [5.74, 6) is -0.733. The number of hydrogen-bond donors (Lipinski definition) is 1. The number of carbonyl (C=O) groups is 3. The van der Waals surface area contributed by atoms with Gasteiger partial charge in [0.15, 0.2) is 0 Å². The Hall–Kier alpha value is -3.71. The van der Waals surface area contributed by atoms with E-state index in [1.165, 1.54) is 17.2 Å². The second kappa shape index (κ2) is 9.65. The molecule has 34 heavy (non-hydrogen) atoms. The zero-order valence-electron chi connectivity index (χ0n) is 19.0. The number of halogens is 1. The predicted molar refractivity (Wildman–Crippen MR) is 135 cm³/mol. The number of anilines is 1. The lowest BCUT2D eigenvalue weighted by molar-refractivity contribution is -0.122. The number of aryl methyl sites for hydroxylation is 3. The van der Waals surface area contributed by atoms with E-state index in [-0.39, 0.29) is 5.57 Å². The number of amides is 4. The minimum absolute atomic E-state index is 0.121. The number of hydrogen-bond acceptors (Lipinski definition) is 4. The van der Waals surface area contributed by atoms with Crippen LogP contribution in [0.1, 0.15) is 27.8 Å². The van der Waals surface area contributed by atoms with Crippen molar-refractivity contribution in [3.05, 3.63) is 98.5 Å². The van der Waals surface area contributed by atoms with Crippen LogP contribution < -0.4 is 15.0 Å². The largest absolute Gasteiger partial charge is 0.489 e. The minimum Gasteiger partial charge on any atom is -0.489 e. The monoisotopic (exact) mass is 518 g/mol. The zero-order valence-corrected chi connectivity index (χ0v) is 20.6. The highest BCUT2D eigenvalue weighted by Gasteiger charge is 2.36. The van der Waals surface area contributed by atoms with E-state index in [2.05, 4.69) is 39.4 Å². The summed E-state index contributed by atoms with van der Waals surface area (Å²) in [5, 5.41) is 2.24. The average molecular weight is 519 g/mol. The molecule has 1 heterocycles. The summed E-state index contributed by atoms with van der Waals surface area (Å²) < 4.78 is 6.73. The summed E-state index contributed by atoms with van der Waals surface area (Å²) in [6.07, 6.45) is 1.47. The fourth-order valence-corrected chi connectivity index (χ4v) is 4.05. The molecular weight excluding hydrogens is 496 g/mol. The van der Waals surface area contributed by atoms with E-state index in [9.17, 15) is 14.4 Å². The summed E-state index contributed by atoms with van der Waals surface area (Å²) in [7, 11) is 0. The second-order valence-corrected chi connectivity index (χ2v) is 9.10. The molecule has 1 N–H and O–H groups in total. The first-order valence-corrected chi connectivity index (χ1v) is 11.5. The molecule has 0 unspecified atom stereocenters. The molecule has 6 nitrogen and oxygen atoms in total. The van der Waals surface area contributed by atoms with Crippen molar-refractivity contribution in [2.75, 3.05) is 4.90 Å². The van der Waals surface area contributed by atoms with Gasteiger partial charge in [-0.2, -0.15) is 0 Å². The van der Waals surface area contributed by atoms with Gasteiger partial charge in [-0.15, -0.1) is 0 Å². The average Bonchev–Trinajstić information content (AvgIpc) is 2.77. The molecule has 1 saturated heterocycles. The third-order valence-electron chi connectivity index (χ3n) is 5.38. The van der Waals surface area contributed by atoms with Crippen LogP contribution in [0.5, 0.6) is 5.75 Å². The van der Waals surface area contributed by atoms with Crippen molar-refractivity contribution in [2.24, 2.45) is 0 Å². The normalized spacial score (nSPS) is 15.0. The van der Waals surface area contributed by atoms with E-state index in [0.717, 1.165) is 20.5 Å². The SMILES string of the molecule is Cc1cc(C)cc(COc2ccc(/C=C3/C(=O)NC(=O)N(c4ccc(Br)c(C)c4)C3=O)cc2)c1. The smallest absolute Gasteiger partial charge is 0.335 e. The molecule has 0 atom stereocenters. The van der Waals surface area contributed by atoms with Crippen molar-refractivity contribution in [2.45, 2.75) is 27.4 Å². The van der Waals surface area contributed by atoms with Gasteiger partial charge in [0.25, 0.3) is 11.8 Å². The van der Waals surface area contributed by atoms with Crippen molar-refractivity contribution in [1.29, 1.82) is 0 Å². The Bertz CT molecular complexity index is 1310. The van der Waals surface area contributed by atoms with Gasteiger partial charge in [-0.25, -0.2) is 9.69 Å². The number of rotatable bonds is 5. The van der Waals surface area contributed by atoms with Crippen LogP contribution in [0.15, 0.2) is 70.7 Å². The van der Waals surface area contributed by atoms with Gasteiger partial charge in [0, 0.05) is 4.47 Å². The van der Waals surface area contributed by atoms with Gasteiger partial charge >= 0.3 is 6.03 Å². The lowest BCUT2D eigenvalue weighted by atomic mass is 10.1. The first-order chi connectivity index (χ1) is 16.2. The van der Waals surface area contributed by atoms with Crippen LogP contribution in [-0.2, 0) is 16.2 Å². The highest BCUT2D eigenvalue weighted by atomic mass is 79.9. The highest BCUT2D eigenvalue weighted by molar-refractivity contribution is 9.10. The van der Waals surface area contributed by atoms with Crippen LogP contribution in [0.25, 0.3) is 6.08 Å². The summed E-state index contributed by atoms with van der Waals surface area (Å²) in [6, 6.07) is 17.7. The Morgan fingerprint density at radius 3 is 2.24 bits per heavy atom. The first kappa shape index (κ1) is 23.4. The molecule has 4 rings (SSSR count).